The molecule has 1 aromatic heterocycles. The second kappa shape index (κ2) is 3.71. The van der Waals surface area contributed by atoms with E-state index in [1.54, 1.807) is 6.20 Å². The van der Waals surface area contributed by atoms with Gasteiger partial charge in [0.15, 0.2) is 5.76 Å². The van der Waals surface area contributed by atoms with Crippen molar-refractivity contribution >= 4 is 11.6 Å². The monoisotopic (exact) mass is 229 g/mol. The van der Waals surface area contributed by atoms with Gasteiger partial charge in [-0.15, -0.1) is 0 Å². The fraction of sp³-hybridized carbons (Fsp3) is 0.167. The Morgan fingerprint density at radius 2 is 2.35 bits per heavy atom. The molecule has 0 radical (unpaired) electrons. The number of amides is 1. The highest BCUT2D eigenvalue weighted by Crippen LogP contribution is 2.29. The van der Waals surface area contributed by atoms with Crippen LogP contribution in [0.25, 0.3) is 11.3 Å². The summed E-state index contributed by atoms with van der Waals surface area (Å²) in [5.41, 5.74) is 8.21. The number of nitrogens with two attached hydrogens (primary N) is 1. The molecule has 86 valence electrons. The van der Waals surface area contributed by atoms with Gasteiger partial charge in [-0.2, -0.15) is 0 Å². The molecule has 0 aliphatic carbocycles. The van der Waals surface area contributed by atoms with Crippen molar-refractivity contribution in [3.63, 3.8) is 0 Å². The summed E-state index contributed by atoms with van der Waals surface area (Å²) in [6, 6.07) is 5.71. The van der Waals surface area contributed by atoms with Crippen LogP contribution in [0, 0.1) is 0 Å². The van der Waals surface area contributed by atoms with Crippen LogP contribution in [0.1, 0.15) is 11.5 Å². The molecule has 3 rings (SSSR count). The molecule has 0 spiro atoms. The van der Waals surface area contributed by atoms with Gasteiger partial charge in [-0.05, 0) is 23.8 Å². The van der Waals surface area contributed by atoms with Crippen LogP contribution < -0.4 is 11.1 Å². The molecule has 5 nitrogen and oxygen atoms in total. The first-order chi connectivity index (χ1) is 8.26. The lowest BCUT2D eigenvalue weighted by atomic mass is 10.1. The summed E-state index contributed by atoms with van der Waals surface area (Å²) < 4.78 is 5.46. The summed E-state index contributed by atoms with van der Waals surface area (Å²) in [5.74, 6) is 1.21. The first-order valence-electron chi connectivity index (χ1n) is 5.34. The van der Waals surface area contributed by atoms with E-state index in [1.165, 1.54) is 0 Å². The van der Waals surface area contributed by atoms with E-state index >= 15 is 0 Å². The van der Waals surface area contributed by atoms with E-state index in [0.29, 0.717) is 18.1 Å². The Morgan fingerprint density at radius 1 is 1.47 bits per heavy atom. The van der Waals surface area contributed by atoms with E-state index in [2.05, 4.69) is 10.3 Å². The number of rotatable bonds is 2. The van der Waals surface area contributed by atoms with Crippen molar-refractivity contribution in [2.45, 2.75) is 13.0 Å². The number of nitrogens with zero attached hydrogens (tertiary/aromatic N) is 1. The molecule has 1 aliphatic heterocycles. The molecule has 2 aromatic rings. The molecule has 1 aromatic carbocycles. The van der Waals surface area contributed by atoms with E-state index in [9.17, 15) is 4.79 Å². The number of anilines is 1. The molecule has 5 heteroatoms. The third-order valence-electron chi connectivity index (χ3n) is 2.74. The van der Waals surface area contributed by atoms with Gasteiger partial charge in [0.2, 0.25) is 11.8 Å². The highest BCUT2D eigenvalue weighted by atomic mass is 16.4. The summed E-state index contributed by atoms with van der Waals surface area (Å²) in [5, 5.41) is 2.79. The highest BCUT2D eigenvalue weighted by molar-refractivity contribution is 5.99. The van der Waals surface area contributed by atoms with Crippen molar-refractivity contribution in [3.8, 4) is 11.3 Å². The Labute approximate surface area is 97.6 Å². The summed E-state index contributed by atoms with van der Waals surface area (Å²) in [6.45, 7) is 0.283. The van der Waals surface area contributed by atoms with Crippen LogP contribution >= 0.6 is 0 Å². The van der Waals surface area contributed by atoms with E-state index in [4.69, 9.17) is 10.2 Å². The van der Waals surface area contributed by atoms with Crippen LogP contribution in [0.15, 0.2) is 28.8 Å². The number of hydrogen-bond donors (Lipinski definition) is 2. The summed E-state index contributed by atoms with van der Waals surface area (Å²) in [4.78, 5) is 15.3. The largest absolute Gasteiger partial charge is 0.439 e. The maximum atomic E-state index is 11.2. The first-order valence-corrected chi connectivity index (χ1v) is 5.34. The average Bonchev–Trinajstić information content (AvgIpc) is 2.92. The molecule has 1 amide bonds. The normalized spacial score (nSPS) is 13.6. The quantitative estimate of drug-likeness (QED) is 0.813. The van der Waals surface area contributed by atoms with E-state index in [-0.39, 0.29) is 12.5 Å². The van der Waals surface area contributed by atoms with Gasteiger partial charge in [0.05, 0.1) is 19.2 Å². The van der Waals surface area contributed by atoms with E-state index in [0.717, 1.165) is 16.8 Å². The van der Waals surface area contributed by atoms with Gasteiger partial charge in [0.25, 0.3) is 0 Å². The molecule has 0 unspecified atom stereocenters. The fourth-order valence-electron chi connectivity index (χ4n) is 1.92. The Kier molecular flexibility index (Phi) is 2.19. The van der Waals surface area contributed by atoms with Crippen molar-refractivity contribution < 1.29 is 9.21 Å². The number of carbonyl (C=O) groups excluding carboxylic acids is 1. The van der Waals surface area contributed by atoms with Crippen LogP contribution in [0.5, 0.6) is 0 Å². The second-order valence-corrected chi connectivity index (χ2v) is 3.92. The Bertz CT molecular complexity index is 589. The Morgan fingerprint density at radius 3 is 3.12 bits per heavy atom. The van der Waals surface area contributed by atoms with Crippen LogP contribution in [-0.2, 0) is 17.8 Å². The molecular formula is C12H11N3O2. The zero-order chi connectivity index (χ0) is 11.8. The molecule has 0 bridgehead atoms. The number of carbonyl (C=O) groups is 1. The SMILES string of the molecule is NCc1ncc(-c2ccc3c(c2)CC(=O)N3)o1. The van der Waals surface area contributed by atoms with Gasteiger partial charge >= 0.3 is 0 Å². The van der Waals surface area contributed by atoms with Crippen LogP contribution in [0.4, 0.5) is 5.69 Å². The lowest BCUT2D eigenvalue weighted by molar-refractivity contribution is -0.115. The molecule has 3 N–H and O–H groups in total. The number of aromatic nitrogens is 1. The van der Waals surface area contributed by atoms with Gasteiger partial charge < -0.3 is 15.5 Å². The third kappa shape index (κ3) is 1.70. The molecule has 0 saturated carbocycles. The van der Waals surface area contributed by atoms with Gasteiger partial charge in [-0.25, -0.2) is 4.98 Å². The number of hydrogen-bond acceptors (Lipinski definition) is 4. The van der Waals surface area contributed by atoms with Gasteiger partial charge in [-0.1, -0.05) is 0 Å². The summed E-state index contributed by atoms with van der Waals surface area (Å²) in [6.07, 6.45) is 2.06. The predicted octanol–water partition coefficient (Wildman–Crippen LogP) is 1.29. The molecular weight excluding hydrogens is 218 g/mol. The molecule has 0 fully saturated rings. The van der Waals surface area contributed by atoms with Crippen LogP contribution in [0.3, 0.4) is 0 Å². The van der Waals surface area contributed by atoms with Crippen LogP contribution in [-0.4, -0.2) is 10.9 Å². The number of nitrogens with one attached hydrogen (secondary N) is 1. The smallest absolute Gasteiger partial charge is 0.228 e. The van der Waals surface area contributed by atoms with Gasteiger partial charge in [0, 0.05) is 11.3 Å². The topological polar surface area (TPSA) is 81.1 Å². The highest BCUT2D eigenvalue weighted by Gasteiger charge is 2.18. The number of fused-ring (bicyclic) bond motifs is 1. The minimum Gasteiger partial charge on any atom is -0.439 e. The maximum Gasteiger partial charge on any atom is 0.228 e. The Balaban J connectivity index is 1.99. The Hall–Kier alpha value is -2.14. The molecule has 17 heavy (non-hydrogen) atoms. The van der Waals surface area contributed by atoms with Crippen molar-refractivity contribution in [1.82, 2.24) is 4.98 Å². The molecule has 0 saturated heterocycles. The summed E-state index contributed by atoms with van der Waals surface area (Å²) in [7, 11) is 0. The van der Waals surface area contributed by atoms with Gasteiger partial charge in [0.1, 0.15) is 0 Å². The summed E-state index contributed by atoms with van der Waals surface area (Å²) >= 11 is 0. The van der Waals surface area contributed by atoms with Crippen molar-refractivity contribution in [2.24, 2.45) is 5.73 Å². The fourth-order valence-corrected chi connectivity index (χ4v) is 1.92. The van der Waals surface area contributed by atoms with E-state index < -0.39 is 0 Å². The minimum absolute atomic E-state index is 0.0253. The lowest BCUT2D eigenvalue weighted by Gasteiger charge is -2.00. The number of benzene rings is 1. The molecule has 0 atom stereocenters. The third-order valence-corrected chi connectivity index (χ3v) is 2.74. The first kappa shape index (κ1) is 10.0. The standard InChI is InChI=1S/C12H11N3O2/c13-5-12-14-6-10(17-12)7-1-2-9-8(3-7)4-11(16)15-9/h1-3,6H,4-5,13H2,(H,15,16). The minimum atomic E-state index is 0.0253. The number of oxazole rings is 1. The van der Waals surface area contributed by atoms with Crippen molar-refractivity contribution in [3.05, 3.63) is 35.9 Å². The average molecular weight is 229 g/mol. The lowest BCUT2D eigenvalue weighted by Crippen LogP contribution is -2.03. The second-order valence-electron chi connectivity index (χ2n) is 3.92. The zero-order valence-corrected chi connectivity index (χ0v) is 9.06. The van der Waals surface area contributed by atoms with Crippen LogP contribution in [0.2, 0.25) is 0 Å². The predicted molar refractivity (Wildman–Crippen MR) is 62.2 cm³/mol. The van der Waals surface area contributed by atoms with Crippen molar-refractivity contribution in [2.75, 3.05) is 5.32 Å². The zero-order valence-electron chi connectivity index (χ0n) is 9.06. The molecule has 1 aliphatic rings. The maximum absolute atomic E-state index is 11.2. The van der Waals surface area contributed by atoms with Gasteiger partial charge in [-0.3, -0.25) is 4.79 Å². The van der Waals surface area contributed by atoms with E-state index in [1.807, 2.05) is 18.2 Å². The molecule has 2 heterocycles. The van der Waals surface area contributed by atoms with Crippen molar-refractivity contribution in [1.29, 1.82) is 0 Å².